The molecule has 0 fully saturated rings. The van der Waals surface area contributed by atoms with Crippen LogP contribution in [-0.2, 0) is 4.79 Å². The van der Waals surface area contributed by atoms with E-state index >= 15 is 0 Å². The van der Waals surface area contributed by atoms with E-state index in [9.17, 15) is 4.79 Å². The average molecular weight is 216 g/mol. The lowest BCUT2D eigenvalue weighted by atomic mass is 9.96. The second-order valence-electron chi connectivity index (χ2n) is 4.49. The molecule has 1 amide bonds. The average Bonchev–Trinajstić information content (AvgIpc) is 2.14. The van der Waals surface area contributed by atoms with Crippen molar-refractivity contribution in [2.75, 3.05) is 13.2 Å². The highest BCUT2D eigenvalue weighted by Crippen LogP contribution is 2.08. The van der Waals surface area contributed by atoms with Crippen LogP contribution in [0.1, 0.15) is 40.0 Å². The molecule has 0 aliphatic heterocycles. The maximum Gasteiger partial charge on any atom is 0.239 e. The Bertz CT molecular complexity index is 193. The van der Waals surface area contributed by atoms with Crippen molar-refractivity contribution in [1.82, 2.24) is 5.32 Å². The van der Waals surface area contributed by atoms with Crippen molar-refractivity contribution in [2.24, 2.45) is 11.7 Å². The van der Waals surface area contributed by atoms with Gasteiger partial charge in [0.05, 0.1) is 5.54 Å². The van der Waals surface area contributed by atoms with Gasteiger partial charge < -0.3 is 16.2 Å². The Hall–Kier alpha value is -0.610. The van der Waals surface area contributed by atoms with Crippen LogP contribution in [0.5, 0.6) is 0 Å². The standard InChI is InChI=1S/C11H24N2O2/c1-4-6-11(3,12)10(15)13-8-9(2)5-7-14/h9,14H,4-8,12H2,1-3H3,(H,13,15). The predicted molar refractivity (Wildman–Crippen MR) is 61.4 cm³/mol. The molecule has 0 bridgehead atoms. The highest BCUT2D eigenvalue weighted by molar-refractivity contribution is 5.85. The van der Waals surface area contributed by atoms with Gasteiger partial charge in [0, 0.05) is 13.2 Å². The SMILES string of the molecule is CCCC(C)(N)C(=O)NCC(C)CCO. The Morgan fingerprint density at radius 1 is 1.60 bits per heavy atom. The highest BCUT2D eigenvalue weighted by atomic mass is 16.3. The molecule has 0 saturated heterocycles. The quantitative estimate of drug-likeness (QED) is 0.584. The van der Waals surface area contributed by atoms with Crippen LogP contribution in [0.15, 0.2) is 0 Å². The monoisotopic (exact) mass is 216 g/mol. The van der Waals surface area contributed by atoms with E-state index in [1.165, 1.54) is 0 Å². The van der Waals surface area contributed by atoms with Gasteiger partial charge in [0.15, 0.2) is 0 Å². The molecule has 0 rings (SSSR count). The van der Waals surface area contributed by atoms with Gasteiger partial charge >= 0.3 is 0 Å². The summed E-state index contributed by atoms with van der Waals surface area (Å²) in [5.74, 6) is 0.186. The van der Waals surface area contributed by atoms with Gasteiger partial charge in [-0.2, -0.15) is 0 Å². The number of rotatable bonds is 7. The van der Waals surface area contributed by atoms with Crippen LogP contribution in [0.2, 0.25) is 0 Å². The Kier molecular flexibility index (Phi) is 6.52. The Morgan fingerprint density at radius 2 is 2.20 bits per heavy atom. The first-order valence-corrected chi connectivity index (χ1v) is 5.62. The van der Waals surface area contributed by atoms with Crippen LogP contribution < -0.4 is 11.1 Å². The van der Waals surface area contributed by atoms with Crippen LogP contribution in [0.3, 0.4) is 0 Å². The molecule has 4 nitrogen and oxygen atoms in total. The van der Waals surface area contributed by atoms with E-state index in [1.54, 1.807) is 6.92 Å². The molecule has 0 spiro atoms. The van der Waals surface area contributed by atoms with E-state index in [1.807, 2.05) is 13.8 Å². The second-order valence-corrected chi connectivity index (χ2v) is 4.49. The van der Waals surface area contributed by atoms with Crippen molar-refractivity contribution in [3.63, 3.8) is 0 Å². The third-order valence-electron chi connectivity index (χ3n) is 2.52. The summed E-state index contributed by atoms with van der Waals surface area (Å²) in [6.45, 7) is 6.49. The van der Waals surface area contributed by atoms with Gasteiger partial charge in [-0.05, 0) is 25.7 Å². The number of aliphatic hydroxyl groups is 1. The third-order valence-corrected chi connectivity index (χ3v) is 2.52. The molecule has 2 unspecified atom stereocenters. The summed E-state index contributed by atoms with van der Waals surface area (Å²) in [5.41, 5.74) is 5.10. The van der Waals surface area contributed by atoms with Gasteiger partial charge in [0.2, 0.25) is 5.91 Å². The fourth-order valence-corrected chi connectivity index (χ4v) is 1.42. The van der Waals surface area contributed by atoms with Gasteiger partial charge in [-0.1, -0.05) is 20.3 Å². The number of amides is 1. The number of nitrogens with two attached hydrogens (primary N) is 1. The van der Waals surface area contributed by atoms with Crippen molar-refractivity contribution in [1.29, 1.82) is 0 Å². The van der Waals surface area contributed by atoms with Crippen molar-refractivity contribution in [3.05, 3.63) is 0 Å². The van der Waals surface area contributed by atoms with Crippen molar-refractivity contribution in [3.8, 4) is 0 Å². The molecule has 0 aromatic carbocycles. The Balaban J connectivity index is 3.92. The molecule has 0 radical (unpaired) electrons. The van der Waals surface area contributed by atoms with Crippen molar-refractivity contribution in [2.45, 2.75) is 45.6 Å². The molecular weight excluding hydrogens is 192 g/mol. The fourth-order valence-electron chi connectivity index (χ4n) is 1.42. The first-order valence-electron chi connectivity index (χ1n) is 5.62. The first-order chi connectivity index (χ1) is 6.94. The van der Waals surface area contributed by atoms with Gasteiger partial charge in [-0.25, -0.2) is 0 Å². The van der Waals surface area contributed by atoms with E-state index in [0.29, 0.717) is 19.4 Å². The van der Waals surface area contributed by atoms with Gasteiger partial charge in [-0.15, -0.1) is 0 Å². The molecule has 4 heteroatoms. The van der Waals surface area contributed by atoms with Gasteiger partial charge in [-0.3, -0.25) is 4.79 Å². The number of carbonyl (C=O) groups excluding carboxylic acids is 1. The topological polar surface area (TPSA) is 75.4 Å². The maximum absolute atomic E-state index is 11.7. The molecule has 0 saturated carbocycles. The van der Waals surface area contributed by atoms with Crippen LogP contribution in [0.4, 0.5) is 0 Å². The lowest BCUT2D eigenvalue weighted by Gasteiger charge is -2.23. The molecule has 4 N–H and O–H groups in total. The first kappa shape index (κ1) is 14.4. The second kappa shape index (κ2) is 6.80. The summed E-state index contributed by atoms with van der Waals surface area (Å²) < 4.78 is 0. The van der Waals surface area contributed by atoms with E-state index in [-0.39, 0.29) is 18.4 Å². The predicted octanol–water partition coefficient (Wildman–Crippen LogP) is 0.639. The number of carbonyl (C=O) groups is 1. The number of hydrogen-bond donors (Lipinski definition) is 3. The number of aliphatic hydroxyl groups excluding tert-OH is 1. The minimum atomic E-state index is -0.770. The van der Waals surface area contributed by atoms with Gasteiger partial charge in [0.1, 0.15) is 0 Å². The molecule has 0 aromatic heterocycles. The maximum atomic E-state index is 11.7. The zero-order valence-electron chi connectivity index (χ0n) is 10.0. The summed E-state index contributed by atoms with van der Waals surface area (Å²) in [6, 6.07) is 0. The van der Waals surface area contributed by atoms with E-state index in [4.69, 9.17) is 10.8 Å². The van der Waals surface area contributed by atoms with Crippen molar-refractivity contribution < 1.29 is 9.90 Å². The summed E-state index contributed by atoms with van der Waals surface area (Å²) in [4.78, 5) is 11.7. The lowest BCUT2D eigenvalue weighted by molar-refractivity contribution is -0.126. The summed E-state index contributed by atoms with van der Waals surface area (Å²) >= 11 is 0. The van der Waals surface area contributed by atoms with Crippen molar-refractivity contribution >= 4 is 5.91 Å². The molecule has 2 atom stereocenters. The van der Waals surface area contributed by atoms with Crippen LogP contribution >= 0.6 is 0 Å². The molecule has 0 aromatic rings. The van der Waals surface area contributed by atoms with Crippen LogP contribution in [-0.4, -0.2) is 29.7 Å². The van der Waals surface area contributed by atoms with E-state index in [2.05, 4.69) is 5.32 Å². The van der Waals surface area contributed by atoms with E-state index < -0.39 is 5.54 Å². The van der Waals surface area contributed by atoms with E-state index in [0.717, 1.165) is 6.42 Å². The minimum absolute atomic E-state index is 0.103. The van der Waals surface area contributed by atoms with Gasteiger partial charge in [0.25, 0.3) is 0 Å². The molecule has 0 aliphatic rings. The largest absolute Gasteiger partial charge is 0.396 e. The molecule has 15 heavy (non-hydrogen) atoms. The summed E-state index contributed by atoms with van der Waals surface area (Å²) in [7, 11) is 0. The molecular formula is C11H24N2O2. The normalized spacial score (nSPS) is 16.9. The lowest BCUT2D eigenvalue weighted by Crippen LogP contribution is -2.52. The minimum Gasteiger partial charge on any atom is -0.396 e. The zero-order chi connectivity index (χ0) is 11.9. The Labute approximate surface area is 92.2 Å². The third kappa shape index (κ3) is 5.74. The smallest absolute Gasteiger partial charge is 0.239 e. The zero-order valence-corrected chi connectivity index (χ0v) is 10.0. The molecule has 0 aliphatic carbocycles. The summed E-state index contributed by atoms with van der Waals surface area (Å²) in [5, 5.41) is 11.5. The molecule has 0 heterocycles. The van der Waals surface area contributed by atoms with Crippen LogP contribution in [0.25, 0.3) is 0 Å². The van der Waals surface area contributed by atoms with Crippen LogP contribution in [0, 0.1) is 5.92 Å². The Morgan fingerprint density at radius 3 is 2.67 bits per heavy atom. The summed E-state index contributed by atoms with van der Waals surface area (Å²) in [6.07, 6.45) is 2.29. The number of hydrogen-bond acceptors (Lipinski definition) is 3. The number of nitrogens with one attached hydrogen (secondary N) is 1. The highest BCUT2D eigenvalue weighted by Gasteiger charge is 2.26. The fraction of sp³-hybridized carbons (Fsp3) is 0.909. The molecule has 90 valence electrons.